The summed E-state index contributed by atoms with van der Waals surface area (Å²) in [6.07, 6.45) is -6.76. The van der Waals surface area contributed by atoms with Gasteiger partial charge >= 0.3 is 0 Å². The number of ether oxygens (including phenoxy) is 2. The molecule has 1 saturated carbocycles. The van der Waals surface area contributed by atoms with Gasteiger partial charge in [-0.25, -0.2) is 0 Å². The van der Waals surface area contributed by atoms with Gasteiger partial charge in [0.05, 0.1) is 6.10 Å². The number of aliphatic hydroxyl groups excluding tert-OH is 4. The van der Waals surface area contributed by atoms with Crippen molar-refractivity contribution in [1.29, 1.82) is 0 Å². The first-order valence-electron chi connectivity index (χ1n) is 7.44. The Morgan fingerprint density at radius 2 is 1.83 bits per heavy atom. The summed E-state index contributed by atoms with van der Waals surface area (Å²) in [6, 6.07) is 0. The number of hydrogen-bond acceptors (Lipinski definition) is 8. The van der Waals surface area contributed by atoms with Crippen molar-refractivity contribution in [2.45, 2.75) is 56.8 Å². The highest BCUT2D eigenvalue weighted by molar-refractivity contribution is 14.1. The summed E-state index contributed by atoms with van der Waals surface area (Å²) in [7, 11) is 0. The van der Waals surface area contributed by atoms with Crippen LogP contribution in [0.1, 0.15) is 19.8 Å². The fraction of sp³-hybridized carbons (Fsp3) is 0.857. The van der Waals surface area contributed by atoms with E-state index in [9.17, 15) is 30.0 Å². The van der Waals surface area contributed by atoms with Crippen LogP contribution >= 0.6 is 22.6 Å². The largest absolute Gasteiger partial charge is 0.387 e. The van der Waals surface area contributed by atoms with Crippen molar-refractivity contribution in [3.05, 3.63) is 0 Å². The first kappa shape index (κ1) is 19.2. The third kappa shape index (κ3) is 4.09. The second-order valence-corrected chi connectivity index (χ2v) is 7.26. The topological polar surface area (TPSA) is 134 Å². The SMILES string of the molecule is C[C@H]1CC(C(=O)I)[C@@H](C=O)CC1O[C@H]1OC(O)[C@@H](O)C(O)C1O. The molecule has 1 aliphatic heterocycles. The Balaban J connectivity index is 2.05. The van der Waals surface area contributed by atoms with E-state index in [4.69, 9.17) is 9.47 Å². The average molecular weight is 444 g/mol. The Morgan fingerprint density at radius 1 is 1.17 bits per heavy atom. The van der Waals surface area contributed by atoms with Crippen LogP contribution in [0.25, 0.3) is 0 Å². The second-order valence-electron chi connectivity index (χ2n) is 6.20. The summed E-state index contributed by atoms with van der Waals surface area (Å²) in [6.45, 7) is 1.86. The van der Waals surface area contributed by atoms with Crippen LogP contribution in [-0.2, 0) is 19.1 Å². The molecule has 0 aromatic rings. The standard InChI is InChI=1S/C14H21IO8/c1-5-2-7(12(15)20)6(4-16)3-8(5)22-14-11(19)9(17)10(18)13(21)23-14/h4-11,13-14,17-19,21H,2-3H2,1H3/t5-,6+,7?,8?,9?,10-,11?,13?,14-/m0/s1. The molecule has 9 atom stereocenters. The van der Waals surface area contributed by atoms with Crippen molar-refractivity contribution >= 4 is 32.7 Å². The van der Waals surface area contributed by atoms with Gasteiger partial charge in [0.2, 0.25) is 0 Å². The highest BCUT2D eigenvalue weighted by Gasteiger charge is 2.46. The molecule has 2 fully saturated rings. The van der Waals surface area contributed by atoms with Crippen molar-refractivity contribution in [1.82, 2.24) is 0 Å². The van der Waals surface area contributed by atoms with Crippen molar-refractivity contribution in [3.8, 4) is 0 Å². The maximum absolute atomic E-state index is 11.6. The fourth-order valence-electron chi connectivity index (χ4n) is 3.11. The third-order valence-electron chi connectivity index (χ3n) is 4.60. The quantitative estimate of drug-likeness (QED) is 0.245. The van der Waals surface area contributed by atoms with Crippen LogP contribution in [0.5, 0.6) is 0 Å². The van der Waals surface area contributed by atoms with E-state index in [1.54, 1.807) is 22.6 Å². The zero-order valence-electron chi connectivity index (χ0n) is 12.5. The number of rotatable bonds is 4. The lowest BCUT2D eigenvalue weighted by Crippen LogP contribution is -2.59. The lowest BCUT2D eigenvalue weighted by Gasteiger charge is -2.42. The first-order chi connectivity index (χ1) is 10.8. The van der Waals surface area contributed by atoms with E-state index in [-0.39, 0.29) is 22.0 Å². The molecular formula is C14H21IO8. The summed E-state index contributed by atoms with van der Waals surface area (Å²) >= 11 is 1.69. The molecule has 0 radical (unpaired) electrons. The summed E-state index contributed by atoms with van der Waals surface area (Å²) in [4.78, 5) is 22.8. The van der Waals surface area contributed by atoms with Crippen LogP contribution in [0.4, 0.5) is 0 Å². The van der Waals surface area contributed by atoms with Gasteiger partial charge in [0.1, 0.15) is 24.6 Å². The molecule has 2 aliphatic rings. The number of hydrogen-bond donors (Lipinski definition) is 4. The van der Waals surface area contributed by atoms with Crippen LogP contribution in [0.2, 0.25) is 0 Å². The zero-order chi connectivity index (χ0) is 17.3. The Bertz CT molecular complexity index is 446. The molecular weight excluding hydrogens is 423 g/mol. The molecule has 2 rings (SSSR count). The molecule has 0 aromatic carbocycles. The van der Waals surface area contributed by atoms with Crippen molar-refractivity contribution < 1.29 is 39.5 Å². The number of aldehydes is 1. The Hall–Kier alpha value is -0.170. The smallest absolute Gasteiger partial charge is 0.196 e. The number of carbonyl (C=O) groups is 2. The van der Waals surface area contributed by atoms with Crippen molar-refractivity contribution in [2.75, 3.05) is 0 Å². The Kier molecular flexibility index (Phi) is 6.50. The molecule has 0 amide bonds. The van der Waals surface area contributed by atoms with E-state index in [0.29, 0.717) is 6.42 Å². The second kappa shape index (κ2) is 7.81. The van der Waals surface area contributed by atoms with Crippen LogP contribution in [0.3, 0.4) is 0 Å². The van der Waals surface area contributed by atoms with Gasteiger partial charge in [0.15, 0.2) is 16.4 Å². The molecule has 1 saturated heterocycles. The minimum absolute atomic E-state index is 0.0760. The monoisotopic (exact) mass is 444 g/mol. The van der Waals surface area contributed by atoms with Crippen molar-refractivity contribution in [2.24, 2.45) is 17.8 Å². The number of halogens is 1. The highest BCUT2D eigenvalue weighted by Crippen LogP contribution is 2.37. The van der Waals surface area contributed by atoms with Gasteiger partial charge in [-0.3, -0.25) is 4.79 Å². The predicted octanol–water partition coefficient (Wildman–Crippen LogP) is -1.05. The highest BCUT2D eigenvalue weighted by atomic mass is 127. The lowest BCUT2D eigenvalue weighted by atomic mass is 9.74. The minimum Gasteiger partial charge on any atom is -0.387 e. The molecule has 23 heavy (non-hydrogen) atoms. The lowest BCUT2D eigenvalue weighted by molar-refractivity contribution is -0.352. The van der Waals surface area contributed by atoms with E-state index in [0.717, 1.165) is 6.29 Å². The summed E-state index contributed by atoms with van der Waals surface area (Å²) in [5, 5.41) is 38.5. The number of carbonyl (C=O) groups excluding carboxylic acids is 2. The van der Waals surface area contributed by atoms with Gasteiger partial charge in [-0.2, -0.15) is 0 Å². The maximum Gasteiger partial charge on any atom is 0.196 e. The summed E-state index contributed by atoms with van der Waals surface area (Å²) in [5.74, 6) is -0.924. The van der Waals surface area contributed by atoms with Gasteiger partial charge in [-0.15, -0.1) is 0 Å². The summed E-state index contributed by atoms with van der Waals surface area (Å²) < 4.78 is 10.5. The molecule has 9 heteroatoms. The maximum atomic E-state index is 11.6. The van der Waals surface area contributed by atoms with E-state index < -0.39 is 42.9 Å². The van der Waals surface area contributed by atoms with Crippen molar-refractivity contribution in [3.63, 3.8) is 0 Å². The fourth-order valence-corrected chi connectivity index (χ4v) is 3.82. The molecule has 132 valence electrons. The predicted molar refractivity (Wildman–Crippen MR) is 84.2 cm³/mol. The van der Waals surface area contributed by atoms with Gasteiger partial charge in [-0.05, 0) is 41.4 Å². The molecule has 4 N–H and O–H groups in total. The molecule has 0 aromatic heterocycles. The molecule has 8 nitrogen and oxygen atoms in total. The Morgan fingerprint density at radius 3 is 2.39 bits per heavy atom. The molecule has 1 heterocycles. The first-order valence-corrected chi connectivity index (χ1v) is 8.52. The molecule has 5 unspecified atom stereocenters. The van der Waals surface area contributed by atoms with Gasteiger partial charge in [-0.1, -0.05) is 6.92 Å². The van der Waals surface area contributed by atoms with E-state index in [1.807, 2.05) is 6.92 Å². The summed E-state index contributed by atoms with van der Waals surface area (Å²) in [5.41, 5.74) is 0. The van der Waals surface area contributed by atoms with Gasteiger partial charge < -0.3 is 34.7 Å². The average Bonchev–Trinajstić information content (AvgIpc) is 2.51. The van der Waals surface area contributed by atoms with Gasteiger partial charge in [0.25, 0.3) is 0 Å². The van der Waals surface area contributed by atoms with Crippen LogP contribution in [0.15, 0.2) is 0 Å². The van der Waals surface area contributed by atoms with E-state index >= 15 is 0 Å². The normalized spacial score (nSPS) is 48.0. The molecule has 1 aliphatic carbocycles. The number of aliphatic hydroxyl groups is 4. The van der Waals surface area contributed by atoms with E-state index in [1.165, 1.54) is 0 Å². The third-order valence-corrected chi connectivity index (χ3v) is 5.40. The zero-order valence-corrected chi connectivity index (χ0v) is 14.6. The molecule has 0 bridgehead atoms. The van der Waals surface area contributed by atoms with Gasteiger partial charge in [0, 0.05) is 11.8 Å². The molecule has 0 spiro atoms. The Labute approximate surface area is 146 Å². The minimum atomic E-state index is -1.68. The van der Waals surface area contributed by atoms with Crippen LogP contribution < -0.4 is 0 Å². The van der Waals surface area contributed by atoms with Crippen LogP contribution in [-0.4, -0.2) is 67.5 Å². The van der Waals surface area contributed by atoms with E-state index in [2.05, 4.69) is 0 Å². The van der Waals surface area contributed by atoms with Crippen LogP contribution in [0, 0.1) is 17.8 Å².